The molecule has 1 N–H and O–H groups in total. The number of rotatable bonds is 5. The van der Waals surface area contributed by atoms with E-state index in [1.807, 2.05) is 24.3 Å². The summed E-state index contributed by atoms with van der Waals surface area (Å²) in [6, 6.07) is 7.92. The van der Waals surface area contributed by atoms with Gasteiger partial charge < -0.3 is 15.0 Å². The average molecular weight is 276 g/mol. The summed E-state index contributed by atoms with van der Waals surface area (Å²) in [5.74, 6) is -0.0965. The molecule has 0 radical (unpaired) electrons. The standard InChI is InChI=1S/C15H20N2O3/c1-17-13-7-4-3-6-11(13)12(10-14(17)18)16-9-5-8-15(19)20-2/h3-4,6-7,12,16H,5,8-10H2,1-2H3. The lowest BCUT2D eigenvalue weighted by molar-refractivity contribution is -0.140. The zero-order valence-corrected chi connectivity index (χ0v) is 11.9. The van der Waals surface area contributed by atoms with Crippen LogP contribution in [0.1, 0.15) is 30.9 Å². The predicted octanol–water partition coefficient (Wildman–Crippen LogP) is 1.64. The molecule has 20 heavy (non-hydrogen) atoms. The first-order chi connectivity index (χ1) is 9.63. The van der Waals surface area contributed by atoms with E-state index in [1.165, 1.54) is 7.11 Å². The van der Waals surface area contributed by atoms with E-state index >= 15 is 0 Å². The Morgan fingerprint density at radius 1 is 1.45 bits per heavy atom. The SMILES string of the molecule is COC(=O)CCCNC1CC(=O)N(C)c2ccccc21. The Labute approximate surface area is 118 Å². The molecule has 1 amide bonds. The number of anilines is 1. The summed E-state index contributed by atoms with van der Waals surface area (Å²) >= 11 is 0. The van der Waals surface area contributed by atoms with Crippen LogP contribution in [0.15, 0.2) is 24.3 Å². The molecular weight excluding hydrogens is 256 g/mol. The minimum absolute atomic E-state index is 0.0209. The van der Waals surface area contributed by atoms with Crippen molar-refractivity contribution >= 4 is 17.6 Å². The van der Waals surface area contributed by atoms with Crippen LogP contribution >= 0.6 is 0 Å². The van der Waals surface area contributed by atoms with Crippen molar-refractivity contribution in [2.24, 2.45) is 0 Å². The zero-order chi connectivity index (χ0) is 14.5. The third-order valence-corrected chi connectivity index (χ3v) is 3.60. The lowest BCUT2D eigenvalue weighted by Gasteiger charge is -2.32. The van der Waals surface area contributed by atoms with Gasteiger partial charge in [0, 0.05) is 31.6 Å². The second kappa shape index (κ2) is 6.52. The molecule has 0 saturated carbocycles. The zero-order valence-electron chi connectivity index (χ0n) is 11.9. The number of nitrogens with one attached hydrogen (secondary N) is 1. The summed E-state index contributed by atoms with van der Waals surface area (Å²) in [5.41, 5.74) is 2.09. The monoisotopic (exact) mass is 276 g/mol. The molecule has 5 heteroatoms. The van der Waals surface area contributed by atoms with Crippen LogP contribution in [-0.4, -0.2) is 32.6 Å². The molecule has 108 valence electrons. The van der Waals surface area contributed by atoms with E-state index in [0.717, 1.165) is 11.3 Å². The molecule has 0 aliphatic carbocycles. The normalized spacial score (nSPS) is 17.8. The van der Waals surface area contributed by atoms with Gasteiger partial charge >= 0.3 is 5.97 Å². The summed E-state index contributed by atoms with van der Waals surface area (Å²) < 4.78 is 4.60. The molecule has 5 nitrogen and oxygen atoms in total. The number of para-hydroxylation sites is 1. The summed E-state index contributed by atoms with van der Waals surface area (Å²) in [6.45, 7) is 0.686. The summed E-state index contributed by atoms with van der Waals surface area (Å²) in [4.78, 5) is 24.7. The van der Waals surface area contributed by atoms with Gasteiger partial charge in [0.05, 0.1) is 7.11 Å². The molecule has 1 aliphatic heterocycles. The average Bonchev–Trinajstić information content (AvgIpc) is 2.48. The number of carbonyl (C=O) groups excluding carboxylic acids is 2. The van der Waals surface area contributed by atoms with Crippen molar-refractivity contribution in [1.29, 1.82) is 0 Å². The molecular formula is C15H20N2O3. The molecule has 0 fully saturated rings. The van der Waals surface area contributed by atoms with Crippen molar-refractivity contribution in [3.8, 4) is 0 Å². The number of benzene rings is 1. The highest BCUT2D eigenvalue weighted by atomic mass is 16.5. The molecule has 1 aliphatic rings. The van der Waals surface area contributed by atoms with Crippen LogP contribution in [0.25, 0.3) is 0 Å². The first-order valence-corrected chi connectivity index (χ1v) is 6.79. The fourth-order valence-corrected chi connectivity index (χ4v) is 2.44. The number of ether oxygens (including phenoxy) is 1. The van der Waals surface area contributed by atoms with Crippen molar-refractivity contribution < 1.29 is 14.3 Å². The highest BCUT2D eigenvalue weighted by Gasteiger charge is 2.28. The maximum absolute atomic E-state index is 12.0. The summed E-state index contributed by atoms with van der Waals surface area (Å²) in [5, 5.41) is 3.35. The van der Waals surface area contributed by atoms with Gasteiger partial charge in [-0.2, -0.15) is 0 Å². The van der Waals surface area contributed by atoms with Crippen LogP contribution < -0.4 is 10.2 Å². The van der Waals surface area contributed by atoms with E-state index in [1.54, 1.807) is 11.9 Å². The number of amides is 1. The highest BCUT2D eigenvalue weighted by molar-refractivity contribution is 5.96. The van der Waals surface area contributed by atoms with E-state index in [-0.39, 0.29) is 17.9 Å². The van der Waals surface area contributed by atoms with Crippen molar-refractivity contribution in [3.05, 3.63) is 29.8 Å². The van der Waals surface area contributed by atoms with Crippen molar-refractivity contribution in [2.75, 3.05) is 25.6 Å². The number of hydrogen-bond acceptors (Lipinski definition) is 4. The number of hydrogen-bond donors (Lipinski definition) is 1. The summed E-state index contributed by atoms with van der Waals surface area (Å²) in [6.07, 6.45) is 1.55. The van der Waals surface area contributed by atoms with Gasteiger partial charge in [-0.05, 0) is 24.6 Å². The predicted molar refractivity (Wildman–Crippen MR) is 76.5 cm³/mol. The molecule has 0 aromatic heterocycles. The Bertz CT molecular complexity index is 502. The molecule has 0 bridgehead atoms. The Hall–Kier alpha value is -1.88. The Morgan fingerprint density at radius 2 is 2.20 bits per heavy atom. The maximum Gasteiger partial charge on any atom is 0.305 e. The number of esters is 1. The largest absolute Gasteiger partial charge is 0.469 e. The Balaban J connectivity index is 1.97. The van der Waals surface area contributed by atoms with Gasteiger partial charge in [-0.15, -0.1) is 0 Å². The molecule has 1 atom stereocenters. The molecule has 1 aromatic carbocycles. The van der Waals surface area contributed by atoms with E-state index in [2.05, 4.69) is 10.1 Å². The first kappa shape index (κ1) is 14.5. The smallest absolute Gasteiger partial charge is 0.305 e. The molecule has 0 saturated heterocycles. The lowest BCUT2D eigenvalue weighted by Crippen LogP contribution is -2.38. The Morgan fingerprint density at radius 3 is 2.95 bits per heavy atom. The van der Waals surface area contributed by atoms with Crippen LogP contribution in [0.4, 0.5) is 5.69 Å². The van der Waals surface area contributed by atoms with Crippen LogP contribution in [0.5, 0.6) is 0 Å². The van der Waals surface area contributed by atoms with E-state index in [4.69, 9.17) is 0 Å². The van der Waals surface area contributed by atoms with E-state index < -0.39 is 0 Å². The van der Waals surface area contributed by atoms with E-state index in [0.29, 0.717) is 25.8 Å². The van der Waals surface area contributed by atoms with Gasteiger partial charge in [-0.25, -0.2) is 0 Å². The van der Waals surface area contributed by atoms with Gasteiger partial charge in [0.2, 0.25) is 5.91 Å². The van der Waals surface area contributed by atoms with Crippen LogP contribution in [0.3, 0.4) is 0 Å². The third kappa shape index (κ3) is 3.17. The van der Waals surface area contributed by atoms with Crippen LogP contribution in [0.2, 0.25) is 0 Å². The second-order valence-corrected chi connectivity index (χ2v) is 4.90. The molecule has 1 heterocycles. The maximum atomic E-state index is 12.0. The fourth-order valence-electron chi connectivity index (χ4n) is 2.44. The number of fused-ring (bicyclic) bond motifs is 1. The van der Waals surface area contributed by atoms with Gasteiger partial charge in [0.1, 0.15) is 0 Å². The van der Waals surface area contributed by atoms with Gasteiger partial charge in [-0.3, -0.25) is 9.59 Å². The molecule has 1 unspecified atom stereocenters. The quantitative estimate of drug-likeness (QED) is 0.656. The number of nitrogens with zero attached hydrogens (tertiary/aromatic N) is 1. The topological polar surface area (TPSA) is 58.6 Å². The minimum Gasteiger partial charge on any atom is -0.469 e. The summed E-state index contributed by atoms with van der Waals surface area (Å²) in [7, 11) is 3.19. The third-order valence-electron chi connectivity index (χ3n) is 3.60. The van der Waals surface area contributed by atoms with Gasteiger partial charge in [0.15, 0.2) is 0 Å². The molecule has 2 rings (SSSR count). The molecule has 1 aromatic rings. The highest BCUT2D eigenvalue weighted by Crippen LogP contribution is 2.33. The van der Waals surface area contributed by atoms with Crippen molar-refractivity contribution in [3.63, 3.8) is 0 Å². The minimum atomic E-state index is -0.202. The van der Waals surface area contributed by atoms with Crippen LogP contribution in [-0.2, 0) is 14.3 Å². The Kier molecular flexibility index (Phi) is 4.74. The first-order valence-electron chi connectivity index (χ1n) is 6.79. The van der Waals surface area contributed by atoms with Crippen LogP contribution in [0, 0.1) is 0 Å². The van der Waals surface area contributed by atoms with Crippen molar-refractivity contribution in [2.45, 2.75) is 25.3 Å². The molecule has 0 spiro atoms. The number of carbonyl (C=O) groups is 2. The van der Waals surface area contributed by atoms with Crippen molar-refractivity contribution in [1.82, 2.24) is 5.32 Å². The number of methoxy groups -OCH3 is 1. The van der Waals surface area contributed by atoms with E-state index in [9.17, 15) is 9.59 Å². The van der Waals surface area contributed by atoms with Gasteiger partial charge in [-0.1, -0.05) is 18.2 Å². The lowest BCUT2D eigenvalue weighted by atomic mass is 9.96. The second-order valence-electron chi connectivity index (χ2n) is 4.90. The fraction of sp³-hybridized carbons (Fsp3) is 0.467. The van der Waals surface area contributed by atoms with Gasteiger partial charge in [0.25, 0.3) is 0 Å².